The molecule has 1 fully saturated rings. The fourth-order valence-electron chi connectivity index (χ4n) is 2.68. The molecule has 0 radical (unpaired) electrons. The highest BCUT2D eigenvalue weighted by Gasteiger charge is 2.41. The predicted octanol–water partition coefficient (Wildman–Crippen LogP) is 0.670. The Balaban J connectivity index is 1.87. The summed E-state index contributed by atoms with van der Waals surface area (Å²) < 4.78 is 0. The minimum absolute atomic E-state index is 0.0871. The third-order valence-corrected chi connectivity index (χ3v) is 4.28. The van der Waals surface area contributed by atoms with Crippen molar-refractivity contribution in [1.29, 1.82) is 0 Å². The SMILES string of the molecule is CC1(C(N)=O)CCN(C(=O)[C@@H](N)CCc2ccccc2)C1. The highest BCUT2D eigenvalue weighted by atomic mass is 16.2. The Bertz CT molecular complexity index is 518. The van der Waals surface area contributed by atoms with Crippen LogP contribution in [0.1, 0.15) is 25.3 Å². The lowest BCUT2D eigenvalue weighted by molar-refractivity contribution is -0.133. The number of hydrogen-bond acceptors (Lipinski definition) is 3. The van der Waals surface area contributed by atoms with E-state index in [0.717, 1.165) is 6.42 Å². The van der Waals surface area contributed by atoms with Crippen molar-refractivity contribution in [2.75, 3.05) is 13.1 Å². The number of hydrogen-bond donors (Lipinski definition) is 2. The van der Waals surface area contributed by atoms with Crippen LogP contribution >= 0.6 is 0 Å². The lowest BCUT2D eigenvalue weighted by Crippen LogP contribution is -2.45. The highest BCUT2D eigenvalue weighted by Crippen LogP contribution is 2.29. The molecule has 5 heteroatoms. The smallest absolute Gasteiger partial charge is 0.239 e. The molecule has 1 aliphatic heterocycles. The second-order valence-electron chi connectivity index (χ2n) is 6.07. The molecule has 5 nitrogen and oxygen atoms in total. The zero-order valence-electron chi connectivity index (χ0n) is 12.4. The molecular formula is C16H23N3O2. The summed E-state index contributed by atoms with van der Waals surface area (Å²) in [6, 6.07) is 9.43. The molecule has 1 heterocycles. The van der Waals surface area contributed by atoms with Crippen LogP contribution in [0.15, 0.2) is 30.3 Å². The Morgan fingerprint density at radius 3 is 2.57 bits per heavy atom. The van der Waals surface area contributed by atoms with E-state index in [-0.39, 0.29) is 11.8 Å². The van der Waals surface area contributed by atoms with Gasteiger partial charge >= 0.3 is 0 Å². The van der Waals surface area contributed by atoms with E-state index in [1.165, 1.54) is 5.56 Å². The Morgan fingerprint density at radius 1 is 1.33 bits per heavy atom. The zero-order valence-corrected chi connectivity index (χ0v) is 12.4. The maximum Gasteiger partial charge on any atom is 0.239 e. The van der Waals surface area contributed by atoms with Crippen LogP contribution in [0, 0.1) is 5.41 Å². The zero-order chi connectivity index (χ0) is 15.5. The number of primary amides is 1. The Morgan fingerprint density at radius 2 is 2.00 bits per heavy atom. The Labute approximate surface area is 125 Å². The van der Waals surface area contributed by atoms with Crippen LogP contribution in [0.2, 0.25) is 0 Å². The number of carbonyl (C=O) groups excluding carboxylic acids is 2. The van der Waals surface area contributed by atoms with E-state index in [4.69, 9.17) is 11.5 Å². The van der Waals surface area contributed by atoms with Gasteiger partial charge in [0.05, 0.1) is 11.5 Å². The first kappa shape index (κ1) is 15.5. The maximum atomic E-state index is 12.3. The van der Waals surface area contributed by atoms with Crippen LogP contribution in [0.4, 0.5) is 0 Å². The normalized spacial score (nSPS) is 23.0. The van der Waals surface area contributed by atoms with Gasteiger partial charge in [0.25, 0.3) is 0 Å². The third kappa shape index (κ3) is 3.61. The van der Waals surface area contributed by atoms with Crippen molar-refractivity contribution in [2.24, 2.45) is 16.9 Å². The molecule has 4 N–H and O–H groups in total. The number of likely N-dealkylation sites (tertiary alicyclic amines) is 1. The first-order chi connectivity index (χ1) is 9.92. The number of benzene rings is 1. The van der Waals surface area contributed by atoms with Crippen LogP contribution in [0.5, 0.6) is 0 Å². The fourth-order valence-corrected chi connectivity index (χ4v) is 2.68. The first-order valence-electron chi connectivity index (χ1n) is 7.30. The minimum atomic E-state index is -0.616. The first-order valence-corrected chi connectivity index (χ1v) is 7.30. The van der Waals surface area contributed by atoms with Crippen molar-refractivity contribution in [3.63, 3.8) is 0 Å². The maximum absolute atomic E-state index is 12.3. The molecule has 114 valence electrons. The minimum Gasteiger partial charge on any atom is -0.369 e. The molecule has 1 aromatic carbocycles. The molecule has 2 atom stereocenters. The lowest BCUT2D eigenvalue weighted by atomic mass is 9.89. The van der Waals surface area contributed by atoms with Gasteiger partial charge in [0.1, 0.15) is 0 Å². The van der Waals surface area contributed by atoms with Crippen molar-refractivity contribution < 1.29 is 9.59 Å². The van der Waals surface area contributed by atoms with Crippen molar-refractivity contribution in [3.8, 4) is 0 Å². The van der Waals surface area contributed by atoms with E-state index in [2.05, 4.69) is 0 Å². The van der Waals surface area contributed by atoms with E-state index in [1.54, 1.807) is 11.8 Å². The van der Waals surface area contributed by atoms with Gasteiger partial charge in [-0.1, -0.05) is 30.3 Å². The van der Waals surface area contributed by atoms with Crippen LogP contribution < -0.4 is 11.5 Å². The van der Waals surface area contributed by atoms with Crippen LogP contribution in [0.25, 0.3) is 0 Å². The standard InChI is InChI=1S/C16H23N3O2/c1-16(15(18)21)9-10-19(11-16)14(20)13(17)8-7-12-5-3-2-4-6-12/h2-6,13H,7-11,17H2,1H3,(H2,18,21)/t13-,16?/m0/s1. The summed E-state index contributed by atoms with van der Waals surface area (Å²) in [5.74, 6) is -0.438. The van der Waals surface area contributed by atoms with Crippen molar-refractivity contribution in [3.05, 3.63) is 35.9 Å². The topological polar surface area (TPSA) is 89.4 Å². The summed E-state index contributed by atoms with van der Waals surface area (Å²) in [4.78, 5) is 25.4. The van der Waals surface area contributed by atoms with E-state index in [0.29, 0.717) is 25.9 Å². The molecule has 0 aromatic heterocycles. The molecule has 21 heavy (non-hydrogen) atoms. The molecule has 2 amide bonds. The molecule has 1 aliphatic rings. The molecule has 0 aliphatic carbocycles. The van der Waals surface area contributed by atoms with Gasteiger partial charge in [-0.05, 0) is 31.7 Å². The average molecular weight is 289 g/mol. The van der Waals surface area contributed by atoms with E-state index >= 15 is 0 Å². The third-order valence-electron chi connectivity index (χ3n) is 4.28. The Hall–Kier alpha value is -1.88. The van der Waals surface area contributed by atoms with Gasteiger partial charge < -0.3 is 16.4 Å². The summed E-state index contributed by atoms with van der Waals surface area (Å²) in [6.07, 6.45) is 1.99. The van der Waals surface area contributed by atoms with Gasteiger partial charge in [-0.2, -0.15) is 0 Å². The molecular weight excluding hydrogens is 266 g/mol. The van der Waals surface area contributed by atoms with Gasteiger partial charge in [-0.15, -0.1) is 0 Å². The summed E-state index contributed by atoms with van der Waals surface area (Å²) in [7, 11) is 0. The van der Waals surface area contributed by atoms with Gasteiger partial charge in [0.15, 0.2) is 0 Å². The second kappa shape index (κ2) is 6.26. The summed E-state index contributed by atoms with van der Waals surface area (Å²) in [6.45, 7) is 2.73. The van der Waals surface area contributed by atoms with Crippen molar-refractivity contribution in [1.82, 2.24) is 4.90 Å². The Kier molecular flexibility index (Phi) is 4.63. The van der Waals surface area contributed by atoms with Gasteiger partial charge in [0, 0.05) is 13.1 Å². The molecule has 1 saturated heterocycles. The van der Waals surface area contributed by atoms with E-state index < -0.39 is 11.5 Å². The monoisotopic (exact) mass is 289 g/mol. The van der Waals surface area contributed by atoms with Gasteiger partial charge in [-0.3, -0.25) is 9.59 Å². The van der Waals surface area contributed by atoms with Crippen LogP contribution in [0.3, 0.4) is 0 Å². The predicted molar refractivity (Wildman–Crippen MR) is 81.2 cm³/mol. The van der Waals surface area contributed by atoms with Crippen molar-refractivity contribution >= 4 is 11.8 Å². The fraction of sp³-hybridized carbons (Fsp3) is 0.500. The molecule has 2 rings (SSSR count). The van der Waals surface area contributed by atoms with Gasteiger partial charge in [0.2, 0.25) is 11.8 Å². The second-order valence-corrected chi connectivity index (χ2v) is 6.07. The summed E-state index contributed by atoms with van der Waals surface area (Å²) >= 11 is 0. The van der Waals surface area contributed by atoms with Gasteiger partial charge in [-0.25, -0.2) is 0 Å². The number of nitrogens with two attached hydrogens (primary N) is 2. The number of rotatable bonds is 5. The molecule has 1 aromatic rings. The molecule has 0 saturated carbocycles. The molecule has 0 spiro atoms. The summed E-state index contributed by atoms with van der Waals surface area (Å²) in [5, 5.41) is 0. The lowest BCUT2D eigenvalue weighted by Gasteiger charge is -2.23. The number of aryl methyl sites for hydroxylation is 1. The number of carbonyl (C=O) groups is 2. The highest BCUT2D eigenvalue weighted by molar-refractivity contribution is 5.85. The quantitative estimate of drug-likeness (QED) is 0.835. The number of nitrogens with zero attached hydrogens (tertiary/aromatic N) is 1. The summed E-state index contributed by atoms with van der Waals surface area (Å²) in [5.41, 5.74) is 12.0. The van der Waals surface area contributed by atoms with Crippen molar-refractivity contribution in [2.45, 2.75) is 32.2 Å². The largest absolute Gasteiger partial charge is 0.369 e. The molecule has 0 bridgehead atoms. The van der Waals surface area contributed by atoms with E-state index in [9.17, 15) is 9.59 Å². The van der Waals surface area contributed by atoms with Crippen LogP contribution in [-0.4, -0.2) is 35.8 Å². The number of amides is 2. The van der Waals surface area contributed by atoms with E-state index in [1.807, 2.05) is 30.3 Å². The van der Waals surface area contributed by atoms with Crippen LogP contribution in [-0.2, 0) is 16.0 Å². The molecule has 1 unspecified atom stereocenters. The average Bonchev–Trinajstić information content (AvgIpc) is 2.89.